The highest BCUT2D eigenvalue weighted by atomic mass is 79.9. The number of ether oxygens (including phenoxy) is 1. The fourth-order valence-electron chi connectivity index (χ4n) is 1.81. The zero-order valence-corrected chi connectivity index (χ0v) is 9.83. The van der Waals surface area contributed by atoms with Gasteiger partial charge in [0.25, 0.3) is 0 Å². The molecule has 1 aliphatic heterocycles. The van der Waals surface area contributed by atoms with Crippen LogP contribution in [0.1, 0.15) is 37.5 Å². The zero-order valence-electron chi connectivity index (χ0n) is 8.24. The van der Waals surface area contributed by atoms with Crippen LogP contribution in [0.5, 0.6) is 0 Å². The first-order valence-corrected chi connectivity index (χ1v) is 6.08. The number of nitrogens with zero attached hydrogens (tertiary/aromatic N) is 3. The van der Waals surface area contributed by atoms with Crippen LogP contribution in [0.15, 0.2) is 0 Å². The third-order valence-electron chi connectivity index (χ3n) is 2.51. The van der Waals surface area contributed by atoms with E-state index in [1.54, 1.807) is 0 Å². The molecule has 78 valence electrons. The summed E-state index contributed by atoms with van der Waals surface area (Å²) in [7, 11) is 0. The maximum atomic E-state index is 5.60. The summed E-state index contributed by atoms with van der Waals surface area (Å²) in [6, 6.07) is 0. The number of aromatic nitrogens is 3. The lowest BCUT2D eigenvalue weighted by atomic mass is 10.2. The molecular formula is C9H14BrN3O. The second kappa shape index (κ2) is 4.40. The number of alkyl halides is 1. The first-order chi connectivity index (χ1) is 6.86. The van der Waals surface area contributed by atoms with E-state index in [-0.39, 0.29) is 6.10 Å². The summed E-state index contributed by atoms with van der Waals surface area (Å²) in [6.07, 6.45) is 2.36. The molecule has 1 aromatic heterocycles. The fraction of sp³-hybridized carbons (Fsp3) is 0.778. The molecule has 5 heteroatoms. The van der Waals surface area contributed by atoms with E-state index in [0.717, 1.165) is 43.0 Å². The second-order valence-electron chi connectivity index (χ2n) is 3.35. The summed E-state index contributed by atoms with van der Waals surface area (Å²) in [4.78, 5) is 0. The van der Waals surface area contributed by atoms with Gasteiger partial charge in [-0.2, -0.15) is 0 Å². The largest absolute Gasteiger partial charge is 0.370 e. The first kappa shape index (κ1) is 10.1. The number of rotatable bonds is 3. The molecule has 1 atom stereocenters. The Bertz CT molecular complexity index is 307. The average molecular weight is 260 g/mol. The Balaban J connectivity index is 2.27. The lowest BCUT2D eigenvalue weighted by Crippen LogP contribution is -2.09. The molecule has 1 fully saturated rings. The van der Waals surface area contributed by atoms with Gasteiger partial charge in [-0.05, 0) is 19.8 Å². The number of hydrogen-bond donors (Lipinski definition) is 0. The molecule has 2 heterocycles. The molecule has 14 heavy (non-hydrogen) atoms. The summed E-state index contributed by atoms with van der Waals surface area (Å²) in [5, 5.41) is 9.08. The Morgan fingerprint density at radius 3 is 3.00 bits per heavy atom. The quantitative estimate of drug-likeness (QED) is 0.781. The Kier molecular flexibility index (Phi) is 3.18. The molecule has 0 spiro atoms. The van der Waals surface area contributed by atoms with E-state index in [2.05, 4.69) is 37.6 Å². The molecule has 4 nitrogen and oxygen atoms in total. The van der Waals surface area contributed by atoms with Crippen LogP contribution in [0.4, 0.5) is 0 Å². The van der Waals surface area contributed by atoms with Gasteiger partial charge in [0.1, 0.15) is 11.9 Å². The Labute approximate surface area is 91.8 Å². The smallest absolute Gasteiger partial charge is 0.162 e. The van der Waals surface area contributed by atoms with Crippen LogP contribution in [0, 0.1) is 0 Å². The molecule has 1 aromatic rings. The minimum atomic E-state index is 0.162. The zero-order chi connectivity index (χ0) is 9.97. The normalized spacial score (nSPS) is 21.7. The van der Waals surface area contributed by atoms with Crippen LogP contribution >= 0.6 is 15.9 Å². The van der Waals surface area contributed by atoms with Gasteiger partial charge in [-0.1, -0.05) is 15.9 Å². The standard InChI is InChI=1S/C9H14BrN3O/c1-2-13-8(6-10)11-12-9(13)7-4-3-5-14-7/h7H,2-6H2,1H3. The van der Waals surface area contributed by atoms with Crippen LogP contribution in [0.2, 0.25) is 0 Å². The van der Waals surface area contributed by atoms with Gasteiger partial charge in [0.2, 0.25) is 0 Å². The third-order valence-corrected chi connectivity index (χ3v) is 3.01. The first-order valence-electron chi connectivity index (χ1n) is 4.96. The summed E-state index contributed by atoms with van der Waals surface area (Å²) >= 11 is 3.41. The summed E-state index contributed by atoms with van der Waals surface area (Å²) in [5.74, 6) is 1.97. The molecule has 1 aliphatic rings. The van der Waals surface area contributed by atoms with Gasteiger partial charge in [0.05, 0.1) is 5.33 Å². The molecule has 1 saturated heterocycles. The Hall–Kier alpha value is -0.420. The highest BCUT2D eigenvalue weighted by Crippen LogP contribution is 2.27. The minimum Gasteiger partial charge on any atom is -0.370 e. The molecule has 0 aliphatic carbocycles. The van der Waals surface area contributed by atoms with Crippen molar-refractivity contribution >= 4 is 15.9 Å². The monoisotopic (exact) mass is 259 g/mol. The Morgan fingerprint density at radius 1 is 1.57 bits per heavy atom. The molecule has 0 saturated carbocycles. The fourth-order valence-corrected chi connectivity index (χ4v) is 2.23. The molecular weight excluding hydrogens is 246 g/mol. The van der Waals surface area contributed by atoms with Crippen molar-refractivity contribution in [2.45, 2.75) is 37.7 Å². The summed E-state index contributed by atoms with van der Waals surface area (Å²) < 4.78 is 7.73. The Morgan fingerprint density at radius 2 is 2.43 bits per heavy atom. The van der Waals surface area contributed by atoms with E-state index in [0.29, 0.717) is 0 Å². The SMILES string of the molecule is CCn1c(CBr)nnc1C1CCCO1. The molecule has 2 rings (SSSR count). The van der Waals surface area contributed by atoms with E-state index in [9.17, 15) is 0 Å². The van der Waals surface area contributed by atoms with Crippen molar-refractivity contribution in [1.82, 2.24) is 14.8 Å². The second-order valence-corrected chi connectivity index (χ2v) is 3.91. The molecule has 0 aromatic carbocycles. The van der Waals surface area contributed by atoms with Crippen LogP contribution in [-0.4, -0.2) is 21.4 Å². The molecule has 0 radical (unpaired) electrons. The maximum Gasteiger partial charge on any atom is 0.162 e. The summed E-state index contributed by atoms with van der Waals surface area (Å²) in [6.45, 7) is 3.86. The average Bonchev–Trinajstić information content (AvgIpc) is 2.85. The minimum absolute atomic E-state index is 0.162. The lowest BCUT2D eigenvalue weighted by Gasteiger charge is -2.10. The highest BCUT2D eigenvalue weighted by molar-refractivity contribution is 9.08. The van der Waals surface area contributed by atoms with Gasteiger partial charge in [-0.25, -0.2) is 0 Å². The van der Waals surface area contributed by atoms with Crippen LogP contribution < -0.4 is 0 Å². The van der Waals surface area contributed by atoms with Crippen molar-refractivity contribution < 1.29 is 4.74 Å². The lowest BCUT2D eigenvalue weighted by molar-refractivity contribution is 0.102. The van der Waals surface area contributed by atoms with Crippen LogP contribution in [0.25, 0.3) is 0 Å². The highest BCUT2D eigenvalue weighted by Gasteiger charge is 2.24. The number of halogens is 1. The van der Waals surface area contributed by atoms with Gasteiger partial charge < -0.3 is 9.30 Å². The van der Waals surface area contributed by atoms with E-state index >= 15 is 0 Å². The molecule has 1 unspecified atom stereocenters. The van der Waals surface area contributed by atoms with E-state index in [4.69, 9.17) is 4.74 Å². The van der Waals surface area contributed by atoms with Gasteiger partial charge in [-0.3, -0.25) is 0 Å². The van der Waals surface area contributed by atoms with Crippen molar-refractivity contribution in [2.24, 2.45) is 0 Å². The van der Waals surface area contributed by atoms with Gasteiger partial charge >= 0.3 is 0 Å². The van der Waals surface area contributed by atoms with Crippen molar-refractivity contribution in [3.63, 3.8) is 0 Å². The predicted octanol–water partition coefficient (Wildman–Crippen LogP) is 2.04. The maximum absolute atomic E-state index is 5.60. The topological polar surface area (TPSA) is 39.9 Å². The van der Waals surface area contributed by atoms with Crippen LogP contribution in [-0.2, 0) is 16.6 Å². The van der Waals surface area contributed by atoms with Crippen molar-refractivity contribution in [3.05, 3.63) is 11.6 Å². The van der Waals surface area contributed by atoms with Gasteiger partial charge in [0.15, 0.2) is 5.82 Å². The number of hydrogen-bond acceptors (Lipinski definition) is 3. The van der Waals surface area contributed by atoms with Crippen LogP contribution in [0.3, 0.4) is 0 Å². The van der Waals surface area contributed by atoms with Crippen molar-refractivity contribution in [3.8, 4) is 0 Å². The van der Waals surface area contributed by atoms with Crippen molar-refractivity contribution in [1.29, 1.82) is 0 Å². The molecule has 0 bridgehead atoms. The van der Waals surface area contributed by atoms with E-state index in [1.165, 1.54) is 0 Å². The van der Waals surface area contributed by atoms with E-state index < -0.39 is 0 Å². The predicted molar refractivity (Wildman–Crippen MR) is 56.3 cm³/mol. The van der Waals surface area contributed by atoms with Crippen molar-refractivity contribution in [2.75, 3.05) is 6.61 Å². The summed E-state index contributed by atoms with van der Waals surface area (Å²) in [5.41, 5.74) is 0. The van der Waals surface area contributed by atoms with E-state index in [1.807, 2.05) is 0 Å². The molecule has 0 N–H and O–H groups in total. The van der Waals surface area contributed by atoms with Gasteiger partial charge in [0, 0.05) is 13.2 Å². The molecule has 0 amide bonds. The third kappa shape index (κ3) is 1.70. The van der Waals surface area contributed by atoms with Gasteiger partial charge in [-0.15, -0.1) is 10.2 Å².